The van der Waals surface area contributed by atoms with Gasteiger partial charge in [0.25, 0.3) is 11.8 Å². The van der Waals surface area contributed by atoms with E-state index >= 15 is 0 Å². The lowest BCUT2D eigenvalue weighted by Crippen LogP contribution is -2.38. The number of rotatable bonds is 2. The van der Waals surface area contributed by atoms with Gasteiger partial charge in [-0.15, -0.1) is 11.3 Å². The Morgan fingerprint density at radius 2 is 1.80 bits per heavy atom. The van der Waals surface area contributed by atoms with Crippen molar-refractivity contribution in [3.63, 3.8) is 0 Å². The zero-order valence-corrected chi connectivity index (χ0v) is 11.6. The van der Waals surface area contributed by atoms with E-state index < -0.39 is 0 Å². The first-order valence-corrected chi connectivity index (χ1v) is 7.77. The van der Waals surface area contributed by atoms with Gasteiger partial charge < -0.3 is 0 Å². The molecule has 4 aliphatic rings. The number of hydrogen-bond acceptors (Lipinski definition) is 4. The molecule has 1 saturated heterocycles. The quantitative estimate of drug-likeness (QED) is 0.476. The smallest absolute Gasteiger partial charge is 0.254 e. The fourth-order valence-electron chi connectivity index (χ4n) is 3.65. The predicted octanol–water partition coefficient (Wildman–Crippen LogP) is 2.28. The van der Waals surface area contributed by atoms with Gasteiger partial charge in [0.1, 0.15) is 0 Å². The Balaban J connectivity index is 1.64. The average Bonchev–Trinajstić information content (AvgIpc) is 3.08. The summed E-state index contributed by atoms with van der Waals surface area (Å²) in [7, 11) is 0. The van der Waals surface area contributed by atoms with Crippen molar-refractivity contribution in [3.8, 4) is 0 Å². The molecule has 2 bridgehead atoms. The van der Waals surface area contributed by atoms with E-state index in [1.807, 2.05) is 17.5 Å². The first kappa shape index (κ1) is 12.0. The van der Waals surface area contributed by atoms with Gasteiger partial charge >= 0.3 is 0 Å². The fraction of sp³-hybridized carbons (Fsp3) is 0.400. The maximum Gasteiger partial charge on any atom is 0.254 e. The maximum atomic E-state index is 12.5. The molecular formula is C15H14N2O2S. The number of hydrogen-bond donors (Lipinski definition) is 0. The maximum absolute atomic E-state index is 12.5. The van der Waals surface area contributed by atoms with Crippen molar-refractivity contribution in [3.05, 3.63) is 34.5 Å². The number of carbonyl (C=O) groups excluding carboxylic acids is 2. The molecule has 4 nitrogen and oxygen atoms in total. The van der Waals surface area contributed by atoms with Gasteiger partial charge in [-0.2, -0.15) is 10.1 Å². The number of imide groups is 1. The highest BCUT2D eigenvalue weighted by molar-refractivity contribution is 7.11. The second-order valence-corrected chi connectivity index (χ2v) is 6.57. The number of nitrogens with zero attached hydrogens (tertiary/aromatic N) is 2. The van der Waals surface area contributed by atoms with E-state index in [0.29, 0.717) is 0 Å². The van der Waals surface area contributed by atoms with Gasteiger partial charge in [0.05, 0.1) is 18.1 Å². The van der Waals surface area contributed by atoms with Gasteiger partial charge in [0, 0.05) is 4.88 Å². The van der Waals surface area contributed by atoms with Crippen LogP contribution < -0.4 is 0 Å². The molecule has 0 aromatic carbocycles. The molecule has 0 radical (unpaired) electrons. The third-order valence-electron chi connectivity index (χ3n) is 4.58. The molecule has 2 amide bonds. The van der Waals surface area contributed by atoms with Gasteiger partial charge in [-0.3, -0.25) is 9.59 Å². The molecule has 0 unspecified atom stereocenters. The van der Waals surface area contributed by atoms with Crippen LogP contribution >= 0.6 is 11.3 Å². The third kappa shape index (κ3) is 1.62. The van der Waals surface area contributed by atoms with Crippen LogP contribution in [0, 0.1) is 23.7 Å². The summed E-state index contributed by atoms with van der Waals surface area (Å²) in [6.07, 6.45) is 7.88. The highest BCUT2D eigenvalue weighted by Gasteiger charge is 2.56. The van der Waals surface area contributed by atoms with E-state index in [1.165, 1.54) is 11.3 Å². The minimum atomic E-state index is -0.174. The van der Waals surface area contributed by atoms with Crippen molar-refractivity contribution in [2.75, 3.05) is 0 Å². The van der Waals surface area contributed by atoms with Crippen molar-refractivity contribution in [1.29, 1.82) is 0 Å². The molecule has 102 valence electrons. The topological polar surface area (TPSA) is 49.7 Å². The van der Waals surface area contributed by atoms with Crippen LogP contribution in [0.25, 0.3) is 0 Å². The minimum Gasteiger partial charge on any atom is -0.272 e. The Hall–Kier alpha value is -1.75. The Morgan fingerprint density at radius 1 is 1.15 bits per heavy atom. The summed E-state index contributed by atoms with van der Waals surface area (Å²) < 4.78 is 0. The van der Waals surface area contributed by atoms with E-state index in [-0.39, 0.29) is 35.5 Å². The van der Waals surface area contributed by atoms with E-state index in [0.717, 1.165) is 22.7 Å². The molecule has 5 heteroatoms. The lowest BCUT2D eigenvalue weighted by molar-refractivity contribution is -0.140. The van der Waals surface area contributed by atoms with Gasteiger partial charge in [-0.25, -0.2) is 0 Å². The molecule has 2 heterocycles. The summed E-state index contributed by atoms with van der Waals surface area (Å²) in [5, 5.41) is 7.19. The third-order valence-corrected chi connectivity index (χ3v) is 5.39. The van der Waals surface area contributed by atoms with Gasteiger partial charge in [0.2, 0.25) is 0 Å². The Kier molecular flexibility index (Phi) is 2.63. The molecule has 3 aliphatic carbocycles. The Bertz CT molecular complexity index is 588. The van der Waals surface area contributed by atoms with Crippen molar-refractivity contribution < 1.29 is 9.59 Å². The number of fused-ring (bicyclic) bond motifs is 1. The normalized spacial score (nSPS) is 35.3. The van der Waals surface area contributed by atoms with Crippen molar-refractivity contribution in [1.82, 2.24) is 5.01 Å². The zero-order chi connectivity index (χ0) is 13.7. The summed E-state index contributed by atoms with van der Waals surface area (Å²) >= 11 is 1.54. The largest absolute Gasteiger partial charge is 0.272 e. The molecular weight excluding hydrogens is 272 g/mol. The van der Waals surface area contributed by atoms with E-state index in [4.69, 9.17) is 0 Å². The summed E-state index contributed by atoms with van der Waals surface area (Å²) in [6.45, 7) is 0. The number of hydrazone groups is 1. The number of amides is 2. The standard InChI is InChI=1S/C15H14N2O2S/c18-14-12-9-3-4-10(6-5-9)13(12)15(19)17(14)16-8-11-2-1-7-20-11/h1-4,7-10,12-13H,5-6H2/b16-8-/t9-,10-,12+,13+/m1/s1. The van der Waals surface area contributed by atoms with Gasteiger partial charge in [-0.05, 0) is 36.1 Å². The minimum absolute atomic E-state index is 0.119. The lowest BCUT2D eigenvalue weighted by Gasteiger charge is -2.37. The van der Waals surface area contributed by atoms with Gasteiger partial charge in [0.15, 0.2) is 0 Å². The highest BCUT2D eigenvalue weighted by Crippen LogP contribution is 2.49. The molecule has 1 aliphatic heterocycles. The fourth-order valence-corrected chi connectivity index (χ4v) is 4.23. The van der Waals surface area contributed by atoms with Crippen LogP contribution in [0.5, 0.6) is 0 Å². The van der Waals surface area contributed by atoms with Crippen LogP contribution in [-0.4, -0.2) is 23.0 Å². The predicted molar refractivity (Wildman–Crippen MR) is 76.1 cm³/mol. The second kappa shape index (κ2) is 4.38. The molecule has 1 aromatic heterocycles. The van der Waals surface area contributed by atoms with E-state index in [9.17, 15) is 9.59 Å². The molecule has 0 N–H and O–H groups in total. The monoisotopic (exact) mass is 286 g/mol. The van der Waals surface area contributed by atoms with Crippen molar-refractivity contribution in [2.45, 2.75) is 12.8 Å². The Morgan fingerprint density at radius 3 is 2.30 bits per heavy atom. The number of allylic oxidation sites excluding steroid dienone is 2. The van der Waals surface area contributed by atoms with Crippen LogP contribution in [0.1, 0.15) is 17.7 Å². The first-order valence-electron chi connectivity index (χ1n) is 6.89. The lowest BCUT2D eigenvalue weighted by atomic mass is 9.63. The summed E-state index contributed by atoms with van der Waals surface area (Å²) in [4.78, 5) is 25.9. The summed E-state index contributed by atoms with van der Waals surface area (Å²) in [5.74, 6) is -0.135. The van der Waals surface area contributed by atoms with Crippen LogP contribution in [-0.2, 0) is 9.59 Å². The van der Waals surface area contributed by atoms with Gasteiger partial charge in [-0.1, -0.05) is 18.2 Å². The van der Waals surface area contributed by atoms with Crippen molar-refractivity contribution >= 4 is 29.4 Å². The Labute approximate surface area is 120 Å². The first-order chi connectivity index (χ1) is 9.75. The average molecular weight is 286 g/mol. The van der Waals surface area contributed by atoms with Crippen LogP contribution in [0.2, 0.25) is 0 Å². The van der Waals surface area contributed by atoms with Crippen LogP contribution in [0.15, 0.2) is 34.8 Å². The molecule has 5 rings (SSSR count). The second-order valence-electron chi connectivity index (χ2n) is 5.59. The van der Waals surface area contributed by atoms with Crippen molar-refractivity contribution in [2.24, 2.45) is 28.8 Å². The number of thiophene rings is 1. The summed E-state index contributed by atoms with van der Waals surface area (Å²) in [6, 6.07) is 3.83. The van der Waals surface area contributed by atoms with E-state index in [1.54, 1.807) is 6.21 Å². The molecule has 4 atom stereocenters. The molecule has 0 spiro atoms. The SMILES string of the molecule is O=C1[C@@H]2[C@@H](C(=O)N1/N=C\c1cccs1)[C@@H]1C=C[C@@H]2CC1. The van der Waals surface area contributed by atoms with Crippen LogP contribution in [0.3, 0.4) is 0 Å². The highest BCUT2D eigenvalue weighted by atomic mass is 32.1. The molecule has 1 aromatic rings. The molecule has 2 fully saturated rings. The zero-order valence-electron chi connectivity index (χ0n) is 10.8. The van der Waals surface area contributed by atoms with Crippen LogP contribution in [0.4, 0.5) is 0 Å². The van der Waals surface area contributed by atoms with E-state index in [2.05, 4.69) is 17.3 Å². The molecule has 1 saturated carbocycles. The summed E-state index contributed by atoms with van der Waals surface area (Å²) in [5.41, 5.74) is 0. The molecule has 20 heavy (non-hydrogen) atoms. The number of carbonyl (C=O) groups is 2.